The van der Waals surface area contributed by atoms with Gasteiger partial charge in [-0.05, 0) is 31.5 Å². The molecule has 0 bridgehead atoms. The second-order valence-corrected chi connectivity index (χ2v) is 4.23. The van der Waals surface area contributed by atoms with E-state index >= 15 is 0 Å². The second kappa shape index (κ2) is 5.90. The molecule has 1 aliphatic rings. The van der Waals surface area contributed by atoms with Gasteiger partial charge >= 0.3 is 0 Å². The van der Waals surface area contributed by atoms with Crippen LogP contribution >= 0.6 is 12.2 Å². The number of carbonyl (C=O) groups is 1. The molecule has 15 heavy (non-hydrogen) atoms. The molecule has 1 fully saturated rings. The fourth-order valence-corrected chi connectivity index (χ4v) is 2.10. The molecular formula is C10H19N3OS. The van der Waals surface area contributed by atoms with Crippen molar-refractivity contribution in [2.45, 2.75) is 38.6 Å². The molecule has 3 N–H and O–H groups in total. The van der Waals surface area contributed by atoms with Crippen molar-refractivity contribution >= 4 is 23.2 Å². The number of primary amides is 1. The normalized spacial score (nSPS) is 20.3. The van der Waals surface area contributed by atoms with Gasteiger partial charge in [0.05, 0.1) is 0 Å². The highest BCUT2D eigenvalue weighted by atomic mass is 32.1. The van der Waals surface area contributed by atoms with E-state index in [0.717, 1.165) is 38.8 Å². The Labute approximate surface area is 96.2 Å². The zero-order chi connectivity index (χ0) is 11.3. The standard InChI is InChI=1S/C10H19N3OS/c1-2-3-6-12-10(15)13-7-4-5-8(13)9(11)14/h8H,2-7H2,1H3,(H2,11,14)(H,12,15)/t8-/m0/s1. The van der Waals surface area contributed by atoms with E-state index in [1.165, 1.54) is 0 Å². The highest BCUT2D eigenvalue weighted by Gasteiger charge is 2.30. The topological polar surface area (TPSA) is 58.4 Å². The van der Waals surface area contributed by atoms with Gasteiger partial charge in [-0.25, -0.2) is 0 Å². The first-order valence-electron chi connectivity index (χ1n) is 5.50. The maximum absolute atomic E-state index is 11.1. The van der Waals surface area contributed by atoms with Crippen LogP contribution in [0.5, 0.6) is 0 Å². The largest absolute Gasteiger partial charge is 0.368 e. The van der Waals surface area contributed by atoms with Crippen LogP contribution in [0, 0.1) is 0 Å². The number of likely N-dealkylation sites (tertiary alicyclic amines) is 1. The molecule has 0 radical (unpaired) electrons. The third-order valence-corrected chi connectivity index (χ3v) is 3.03. The van der Waals surface area contributed by atoms with Crippen molar-refractivity contribution < 1.29 is 4.79 Å². The first kappa shape index (κ1) is 12.2. The van der Waals surface area contributed by atoms with Crippen LogP contribution in [0.1, 0.15) is 32.6 Å². The molecule has 1 amide bonds. The molecule has 0 unspecified atom stereocenters. The number of nitrogens with one attached hydrogen (secondary N) is 1. The molecule has 0 aromatic rings. The number of amides is 1. The monoisotopic (exact) mass is 229 g/mol. The Bertz CT molecular complexity index is 245. The Balaban J connectivity index is 2.40. The minimum Gasteiger partial charge on any atom is -0.368 e. The Morgan fingerprint density at radius 2 is 2.40 bits per heavy atom. The zero-order valence-electron chi connectivity index (χ0n) is 9.16. The number of thiocarbonyl (C=S) groups is 1. The minimum atomic E-state index is -0.271. The lowest BCUT2D eigenvalue weighted by Gasteiger charge is -2.25. The van der Waals surface area contributed by atoms with Gasteiger partial charge in [0.2, 0.25) is 5.91 Å². The van der Waals surface area contributed by atoms with Gasteiger partial charge in [-0.2, -0.15) is 0 Å². The van der Waals surface area contributed by atoms with Crippen molar-refractivity contribution in [1.82, 2.24) is 10.2 Å². The van der Waals surface area contributed by atoms with E-state index < -0.39 is 0 Å². The molecule has 5 heteroatoms. The van der Waals surface area contributed by atoms with Gasteiger partial charge in [-0.1, -0.05) is 13.3 Å². The molecule has 1 aliphatic heterocycles. The lowest BCUT2D eigenvalue weighted by molar-refractivity contribution is -0.121. The Hall–Kier alpha value is -0.840. The number of unbranched alkanes of at least 4 members (excludes halogenated alkanes) is 1. The lowest BCUT2D eigenvalue weighted by atomic mass is 10.2. The highest BCUT2D eigenvalue weighted by molar-refractivity contribution is 7.80. The summed E-state index contributed by atoms with van der Waals surface area (Å²) in [6.45, 7) is 3.84. The van der Waals surface area contributed by atoms with Crippen molar-refractivity contribution in [3.63, 3.8) is 0 Å². The summed E-state index contributed by atoms with van der Waals surface area (Å²) in [5, 5.41) is 3.83. The van der Waals surface area contributed by atoms with Crippen LogP contribution in [0.25, 0.3) is 0 Å². The van der Waals surface area contributed by atoms with Crippen molar-refractivity contribution in [1.29, 1.82) is 0 Å². The van der Waals surface area contributed by atoms with Gasteiger partial charge in [-0.3, -0.25) is 4.79 Å². The fraction of sp³-hybridized carbons (Fsp3) is 0.800. The molecule has 86 valence electrons. The number of nitrogens with zero attached hydrogens (tertiary/aromatic N) is 1. The second-order valence-electron chi connectivity index (χ2n) is 3.84. The first-order chi connectivity index (χ1) is 7.16. The van der Waals surface area contributed by atoms with E-state index in [4.69, 9.17) is 18.0 Å². The third-order valence-electron chi connectivity index (χ3n) is 2.65. The predicted molar refractivity (Wildman–Crippen MR) is 64.4 cm³/mol. The van der Waals surface area contributed by atoms with Crippen LogP contribution in [-0.2, 0) is 4.79 Å². The molecule has 4 nitrogen and oxygen atoms in total. The minimum absolute atomic E-state index is 0.202. The number of hydrogen-bond donors (Lipinski definition) is 2. The SMILES string of the molecule is CCCCNC(=S)N1CCC[C@H]1C(N)=O. The lowest BCUT2D eigenvalue weighted by Crippen LogP contribution is -2.48. The Morgan fingerprint density at radius 1 is 1.67 bits per heavy atom. The van der Waals surface area contributed by atoms with Crippen molar-refractivity contribution in [2.75, 3.05) is 13.1 Å². The molecular weight excluding hydrogens is 210 g/mol. The van der Waals surface area contributed by atoms with Gasteiger partial charge in [0.1, 0.15) is 6.04 Å². The molecule has 0 aromatic carbocycles. The number of nitrogens with two attached hydrogens (primary N) is 1. The van der Waals surface area contributed by atoms with E-state index in [-0.39, 0.29) is 11.9 Å². The van der Waals surface area contributed by atoms with Gasteiger partial charge in [-0.15, -0.1) is 0 Å². The average Bonchev–Trinajstić information content (AvgIpc) is 2.66. The van der Waals surface area contributed by atoms with Crippen LogP contribution in [0.4, 0.5) is 0 Å². The number of rotatable bonds is 4. The quantitative estimate of drug-likeness (QED) is 0.548. The fourth-order valence-electron chi connectivity index (χ4n) is 1.78. The predicted octanol–water partition coefficient (Wildman–Crippen LogP) is 0.611. The Morgan fingerprint density at radius 3 is 3.00 bits per heavy atom. The van der Waals surface area contributed by atoms with Gasteiger partial charge in [0.15, 0.2) is 5.11 Å². The van der Waals surface area contributed by atoms with Crippen LogP contribution in [0.3, 0.4) is 0 Å². The first-order valence-corrected chi connectivity index (χ1v) is 5.91. The van der Waals surface area contributed by atoms with Gasteiger partial charge < -0.3 is 16.0 Å². The average molecular weight is 229 g/mol. The maximum Gasteiger partial charge on any atom is 0.240 e. The molecule has 0 spiro atoms. The number of hydrogen-bond acceptors (Lipinski definition) is 2. The smallest absolute Gasteiger partial charge is 0.240 e. The third kappa shape index (κ3) is 3.34. The molecule has 1 heterocycles. The molecule has 1 saturated heterocycles. The van der Waals surface area contributed by atoms with Crippen molar-refractivity contribution in [3.8, 4) is 0 Å². The molecule has 1 rings (SSSR count). The summed E-state index contributed by atoms with van der Waals surface area (Å²) >= 11 is 5.23. The summed E-state index contributed by atoms with van der Waals surface area (Å²) < 4.78 is 0. The summed E-state index contributed by atoms with van der Waals surface area (Å²) in [5.74, 6) is -0.271. The summed E-state index contributed by atoms with van der Waals surface area (Å²) in [7, 11) is 0. The molecule has 0 aromatic heterocycles. The Kier molecular flexibility index (Phi) is 4.81. The van der Waals surface area contributed by atoms with Crippen molar-refractivity contribution in [2.24, 2.45) is 5.73 Å². The maximum atomic E-state index is 11.1. The van der Waals surface area contributed by atoms with E-state index in [1.807, 2.05) is 4.90 Å². The van der Waals surface area contributed by atoms with Crippen LogP contribution < -0.4 is 11.1 Å². The number of carbonyl (C=O) groups excluding carboxylic acids is 1. The van der Waals surface area contributed by atoms with Crippen LogP contribution in [-0.4, -0.2) is 35.1 Å². The van der Waals surface area contributed by atoms with Gasteiger partial charge in [0, 0.05) is 13.1 Å². The highest BCUT2D eigenvalue weighted by Crippen LogP contribution is 2.16. The summed E-state index contributed by atoms with van der Waals surface area (Å²) in [6.07, 6.45) is 4.04. The zero-order valence-corrected chi connectivity index (χ0v) is 9.98. The van der Waals surface area contributed by atoms with E-state index in [0.29, 0.717) is 5.11 Å². The summed E-state index contributed by atoms with van der Waals surface area (Å²) in [6, 6.07) is -0.202. The summed E-state index contributed by atoms with van der Waals surface area (Å²) in [4.78, 5) is 13.0. The van der Waals surface area contributed by atoms with Gasteiger partial charge in [0.25, 0.3) is 0 Å². The summed E-state index contributed by atoms with van der Waals surface area (Å²) in [5.41, 5.74) is 5.31. The van der Waals surface area contributed by atoms with Crippen LogP contribution in [0.15, 0.2) is 0 Å². The van der Waals surface area contributed by atoms with Crippen LogP contribution in [0.2, 0.25) is 0 Å². The molecule has 0 aliphatic carbocycles. The molecule has 0 saturated carbocycles. The molecule has 1 atom stereocenters. The van der Waals surface area contributed by atoms with E-state index in [9.17, 15) is 4.79 Å². The van der Waals surface area contributed by atoms with E-state index in [1.54, 1.807) is 0 Å². The van der Waals surface area contributed by atoms with Crippen molar-refractivity contribution in [3.05, 3.63) is 0 Å². The van der Waals surface area contributed by atoms with E-state index in [2.05, 4.69) is 12.2 Å².